The molecule has 10 heavy (non-hydrogen) atoms. The van der Waals surface area contributed by atoms with Gasteiger partial charge in [-0.25, -0.2) is 4.89 Å². The molecule has 0 aromatic heterocycles. The van der Waals surface area contributed by atoms with Crippen LogP contribution >= 0.6 is 0 Å². The summed E-state index contributed by atoms with van der Waals surface area (Å²) < 4.78 is 0. The van der Waals surface area contributed by atoms with Crippen molar-refractivity contribution in [2.75, 3.05) is 13.2 Å². The molecule has 0 aliphatic carbocycles. The van der Waals surface area contributed by atoms with Crippen LogP contribution in [-0.2, 0) is 9.88 Å². The molecule has 0 atom stereocenters. The van der Waals surface area contributed by atoms with Crippen LogP contribution in [0.25, 0.3) is 0 Å². The molecule has 1 N–H and O–H groups in total. The van der Waals surface area contributed by atoms with E-state index in [1.165, 1.54) is 25.7 Å². The molecule has 60 valence electrons. The molecule has 0 radical (unpaired) electrons. The standard InChI is InChI=1S/C7H15NO2/c1-2-4-6-8-10-9-7-5-3-1/h8H,1-7H2. The Hall–Kier alpha value is -0.120. The Morgan fingerprint density at radius 2 is 1.70 bits per heavy atom. The molecular formula is C7H15NO2. The SMILES string of the molecule is C1CCCNOOCCC1. The van der Waals surface area contributed by atoms with Gasteiger partial charge in [0.05, 0.1) is 6.61 Å². The van der Waals surface area contributed by atoms with Crippen LogP contribution in [0, 0.1) is 0 Å². The number of hydrogen-bond acceptors (Lipinski definition) is 3. The van der Waals surface area contributed by atoms with Crippen LogP contribution in [0.2, 0.25) is 0 Å². The quantitative estimate of drug-likeness (QED) is 0.523. The molecule has 0 bridgehead atoms. The van der Waals surface area contributed by atoms with Gasteiger partial charge in [-0.15, -0.1) is 4.99 Å². The molecule has 3 nitrogen and oxygen atoms in total. The summed E-state index contributed by atoms with van der Waals surface area (Å²) >= 11 is 0. The molecule has 1 saturated heterocycles. The number of nitrogens with one attached hydrogen (secondary N) is 1. The molecule has 0 unspecified atom stereocenters. The highest BCUT2D eigenvalue weighted by atomic mass is 17.3. The lowest BCUT2D eigenvalue weighted by Crippen LogP contribution is -2.17. The zero-order valence-electron chi connectivity index (χ0n) is 6.27. The Morgan fingerprint density at radius 1 is 0.900 bits per heavy atom. The van der Waals surface area contributed by atoms with Gasteiger partial charge in [0.25, 0.3) is 0 Å². The first-order valence-corrected chi connectivity index (χ1v) is 4.01. The van der Waals surface area contributed by atoms with Gasteiger partial charge in [0.15, 0.2) is 0 Å². The topological polar surface area (TPSA) is 30.5 Å². The maximum Gasteiger partial charge on any atom is 0.0842 e. The van der Waals surface area contributed by atoms with E-state index in [-0.39, 0.29) is 0 Å². The van der Waals surface area contributed by atoms with E-state index in [0.29, 0.717) is 6.61 Å². The normalized spacial score (nSPS) is 24.0. The minimum Gasteiger partial charge on any atom is -0.218 e. The minimum absolute atomic E-state index is 0.715. The van der Waals surface area contributed by atoms with E-state index in [2.05, 4.69) is 10.5 Å². The van der Waals surface area contributed by atoms with Crippen molar-refractivity contribution in [2.45, 2.75) is 32.1 Å². The molecular weight excluding hydrogens is 130 g/mol. The molecule has 1 aliphatic heterocycles. The lowest BCUT2D eigenvalue weighted by molar-refractivity contribution is -0.337. The highest BCUT2D eigenvalue weighted by molar-refractivity contribution is 4.45. The average molecular weight is 145 g/mol. The molecule has 1 aliphatic rings. The highest BCUT2D eigenvalue weighted by Gasteiger charge is 1.95. The van der Waals surface area contributed by atoms with Crippen LogP contribution in [0.15, 0.2) is 0 Å². The fraction of sp³-hybridized carbons (Fsp3) is 1.00. The Balaban J connectivity index is 2.00. The zero-order chi connectivity index (χ0) is 7.07. The van der Waals surface area contributed by atoms with Gasteiger partial charge >= 0.3 is 0 Å². The first-order chi connectivity index (χ1) is 5.00. The second kappa shape index (κ2) is 5.65. The monoisotopic (exact) mass is 145 g/mol. The smallest absolute Gasteiger partial charge is 0.0842 e. The van der Waals surface area contributed by atoms with Crippen molar-refractivity contribution in [1.82, 2.24) is 5.48 Å². The minimum atomic E-state index is 0.715. The van der Waals surface area contributed by atoms with Crippen molar-refractivity contribution in [2.24, 2.45) is 0 Å². The van der Waals surface area contributed by atoms with Crippen molar-refractivity contribution in [3.05, 3.63) is 0 Å². The number of hydrogen-bond donors (Lipinski definition) is 1. The van der Waals surface area contributed by atoms with Crippen molar-refractivity contribution < 1.29 is 9.88 Å². The first kappa shape index (κ1) is 7.98. The molecule has 0 aromatic rings. The Labute approximate surface area is 61.6 Å². The second-order valence-corrected chi connectivity index (χ2v) is 2.57. The fourth-order valence-corrected chi connectivity index (χ4v) is 1.01. The molecule has 1 fully saturated rings. The first-order valence-electron chi connectivity index (χ1n) is 4.01. The van der Waals surface area contributed by atoms with Crippen LogP contribution in [-0.4, -0.2) is 13.2 Å². The summed E-state index contributed by atoms with van der Waals surface area (Å²) in [5.41, 5.74) is 2.73. The van der Waals surface area contributed by atoms with Gasteiger partial charge in [-0.1, -0.05) is 19.3 Å². The van der Waals surface area contributed by atoms with Crippen molar-refractivity contribution in [1.29, 1.82) is 0 Å². The second-order valence-electron chi connectivity index (χ2n) is 2.57. The molecule has 1 rings (SSSR count). The Kier molecular flexibility index (Phi) is 4.51. The predicted molar refractivity (Wildman–Crippen MR) is 38.1 cm³/mol. The summed E-state index contributed by atoms with van der Waals surface area (Å²) in [6, 6.07) is 0. The molecule has 0 aromatic carbocycles. The van der Waals surface area contributed by atoms with Crippen LogP contribution in [0.5, 0.6) is 0 Å². The maximum absolute atomic E-state index is 4.80. The number of rotatable bonds is 0. The largest absolute Gasteiger partial charge is 0.218 e. The van der Waals surface area contributed by atoms with Gasteiger partial charge in [0, 0.05) is 6.54 Å². The van der Waals surface area contributed by atoms with E-state index in [4.69, 9.17) is 4.89 Å². The lowest BCUT2D eigenvalue weighted by atomic mass is 10.1. The van der Waals surface area contributed by atoms with Gasteiger partial charge in [-0.2, -0.15) is 5.48 Å². The fourth-order valence-electron chi connectivity index (χ4n) is 1.01. The molecule has 0 amide bonds. The van der Waals surface area contributed by atoms with Crippen molar-refractivity contribution in [3.63, 3.8) is 0 Å². The number of hydroxylamine groups is 1. The van der Waals surface area contributed by atoms with Gasteiger partial charge < -0.3 is 0 Å². The van der Waals surface area contributed by atoms with Crippen LogP contribution < -0.4 is 5.48 Å². The highest BCUT2D eigenvalue weighted by Crippen LogP contribution is 2.03. The van der Waals surface area contributed by atoms with Gasteiger partial charge in [0.2, 0.25) is 0 Å². The Morgan fingerprint density at radius 3 is 2.70 bits per heavy atom. The van der Waals surface area contributed by atoms with Crippen molar-refractivity contribution >= 4 is 0 Å². The third-order valence-corrected chi connectivity index (χ3v) is 1.62. The van der Waals surface area contributed by atoms with E-state index >= 15 is 0 Å². The van der Waals surface area contributed by atoms with E-state index in [1.807, 2.05) is 0 Å². The molecule has 0 saturated carbocycles. The summed E-state index contributed by atoms with van der Waals surface area (Å²) in [5, 5.41) is 0. The van der Waals surface area contributed by atoms with Gasteiger partial charge in [0.1, 0.15) is 0 Å². The molecule has 3 heteroatoms. The Bertz CT molecular complexity index is 44.8. The lowest BCUT2D eigenvalue weighted by Gasteiger charge is -2.07. The molecule has 1 heterocycles. The summed E-state index contributed by atoms with van der Waals surface area (Å²) in [6.07, 6.45) is 6.19. The van der Waals surface area contributed by atoms with Crippen LogP contribution in [0.1, 0.15) is 32.1 Å². The average Bonchev–Trinajstić information content (AvgIpc) is 2.01. The van der Waals surface area contributed by atoms with E-state index in [9.17, 15) is 0 Å². The maximum atomic E-state index is 4.80. The molecule has 0 spiro atoms. The zero-order valence-corrected chi connectivity index (χ0v) is 6.27. The van der Waals surface area contributed by atoms with E-state index in [0.717, 1.165) is 13.0 Å². The third-order valence-electron chi connectivity index (χ3n) is 1.62. The summed E-state index contributed by atoms with van der Waals surface area (Å²) in [4.78, 5) is 9.46. The van der Waals surface area contributed by atoms with Gasteiger partial charge in [-0.3, -0.25) is 0 Å². The van der Waals surface area contributed by atoms with Gasteiger partial charge in [-0.05, 0) is 12.8 Å². The predicted octanol–water partition coefficient (Wildman–Crippen LogP) is 1.40. The summed E-state index contributed by atoms with van der Waals surface area (Å²) in [7, 11) is 0. The summed E-state index contributed by atoms with van der Waals surface area (Å²) in [6.45, 7) is 1.62. The van der Waals surface area contributed by atoms with E-state index < -0.39 is 0 Å². The van der Waals surface area contributed by atoms with Crippen molar-refractivity contribution in [3.8, 4) is 0 Å². The van der Waals surface area contributed by atoms with E-state index in [1.54, 1.807) is 0 Å². The van der Waals surface area contributed by atoms with Crippen LogP contribution in [0.4, 0.5) is 0 Å². The summed E-state index contributed by atoms with van der Waals surface area (Å²) in [5.74, 6) is 0. The van der Waals surface area contributed by atoms with Crippen LogP contribution in [0.3, 0.4) is 0 Å². The third kappa shape index (κ3) is 3.82.